The van der Waals surface area contributed by atoms with E-state index in [2.05, 4.69) is 15.2 Å². The van der Waals surface area contributed by atoms with Gasteiger partial charge in [0.15, 0.2) is 5.58 Å². The summed E-state index contributed by atoms with van der Waals surface area (Å²) in [6.07, 6.45) is 2.11. The number of thiophene rings is 1. The Labute approximate surface area is 137 Å². The maximum Gasteiger partial charge on any atom is 0.298 e. The third kappa shape index (κ3) is 2.82. The summed E-state index contributed by atoms with van der Waals surface area (Å²) in [7, 11) is 0. The molecule has 0 saturated carbocycles. The number of aromatic nitrogens is 1. The van der Waals surface area contributed by atoms with E-state index in [0.717, 1.165) is 36.0 Å². The molecule has 1 unspecified atom stereocenters. The van der Waals surface area contributed by atoms with Gasteiger partial charge in [-0.1, -0.05) is 12.1 Å². The van der Waals surface area contributed by atoms with Crippen LogP contribution < -0.4 is 10.2 Å². The molecule has 1 aliphatic rings. The van der Waals surface area contributed by atoms with Crippen molar-refractivity contribution in [3.8, 4) is 0 Å². The van der Waals surface area contributed by atoms with E-state index in [4.69, 9.17) is 4.42 Å². The van der Waals surface area contributed by atoms with E-state index < -0.39 is 0 Å². The van der Waals surface area contributed by atoms with Crippen LogP contribution in [0.3, 0.4) is 0 Å². The molecule has 2 aromatic heterocycles. The quantitative estimate of drug-likeness (QED) is 0.799. The van der Waals surface area contributed by atoms with E-state index in [1.807, 2.05) is 41.1 Å². The van der Waals surface area contributed by atoms with Crippen LogP contribution in [0.15, 0.2) is 45.5 Å². The number of anilines is 1. The van der Waals surface area contributed by atoms with Crippen LogP contribution in [-0.4, -0.2) is 30.0 Å². The van der Waals surface area contributed by atoms with E-state index >= 15 is 0 Å². The van der Waals surface area contributed by atoms with Crippen molar-refractivity contribution in [3.05, 3.63) is 46.7 Å². The van der Waals surface area contributed by atoms with Crippen molar-refractivity contribution in [2.75, 3.05) is 18.0 Å². The molecule has 1 saturated heterocycles. The van der Waals surface area contributed by atoms with Gasteiger partial charge in [-0.15, -0.1) is 0 Å². The Balaban J connectivity index is 1.47. The number of nitrogens with one attached hydrogen (secondary N) is 1. The maximum atomic E-state index is 12.1. The summed E-state index contributed by atoms with van der Waals surface area (Å²) in [4.78, 5) is 18.8. The molecule has 1 atom stereocenters. The Morgan fingerprint density at radius 2 is 2.30 bits per heavy atom. The third-order valence-electron chi connectivity index (χ3n) is 4.19. The molecule has 6 heteroatoms. The lowest BCUT2D eigenvalue weighted by molar-refractivity contribution is 0.0951. The number of benzene rings is 1. The van der Waals surface area contributed by atoms with Gasteiger partial charge >= 0.3 is 0 Å². The van der Waals surface area contributed by atoms with Gasteiger partial charge < -0.3 is 14.6 Å². The average Bonchev–Trinajstić information content (AvgIpc) is 3.31. The smallest absolute Gasteiger partial charge is 0.298 e. The van der Waals surface area contributed by atoms with Gasteiger partial charge in [-0.3, -0.25) is 4.79 Å². The van der Waals surface area contributed by atoms with Crippen molar-refractivity contribution in [2.45, 2.75) is 18.9 Å². The summed E-state index contributed by atoms with van der Waals surface area (Å²) in [6.45, 7) is 1.51. The number of hydrogen-bond donors (Lipinski definition) is 1. The highest BCUT2D eigenvalue weighted by atomic mass is 32.1. The van der Waals surface area contributed by atoms with Crippen LogP contribution >= 0.6 is 11.3 Å². The second kappa shape index (κ2) is 6.04. The topological polar surface area (TPSA) is 58.4 Å². The number of hydrogen-bond acceptors (Lipinski definition) is 5. The van der Waals surface area contributed by atoms with E-state index in [9.17, 15) is 4.79 Å². The number of rotatable bonds is 4. The van der Waals surface area contributed by atoms with Crippen LogP contribution in [0.1, 0.15) is 23.2 Å². The third-order valence-corrected chi connectivity index (χ3v) is 4.87. The Bertz CT molecular complexity index is 779. The monoisotopic (exact) mass is 327 g/mol. The van der Waals surface area contributed by atoms with Crippen molar-refractivity contribution in [3.63, 3.8) is 0 Å². The molecule has 1 aliphatic heterocycles. The molecular formula is C17H17N3O2S. The second-order valence-corrected chi connectivity index (χ2v) is 6.46. The molecule has 5 nitrogen and oxygen atoms in total. The normalized spacial score (nSPS) is 17.7. The van der Waals surface area contributed by atoms with Gasteiger partial charge in [0.05, 0.1) is 6.04 Å². The molecule has 1 aromatic carbocycles. The van der Waals surface area contributed by atoms with Gasteiger partial charge in [0.2, 0.25) is 0 Å². The van der Waals surface area contributed by atoms with Crippen molar-refractivity contribution >= 4 is 34.4 Å². The summed E-state index contributed by atoms with van der Waals surface area (Å²) >= 11 is 1.53. The minimum atomic E-state index is -0.0179. The molecule has 1 amide bonds. The fourth-order valence-corrected chi connectivity index (χ4v) is 3.62. The summed E-state index contributed by atoms with van der Waals surface area (Å²) in [6, 6.07) is 10.5. The first-order valence-corrected chi connectivity index (χ1v) is 8.68. The molecule has 0 bridgehead atoms. The lowest BCUT2D eigenvalue weighted by atomic mass is 10.2. The van der Waals surface area contributed by atoms with Gasteiger partial charge in [0.25, 0.3) is 11.9 Å². The predicted molar refractivity (Wildman–Crippen MR) is 91.0 cm³/mol. The second-order valence-electron chi connectivity index (χ2n) is 5.68. The maximum absolute atomic E-state index is 12.1. The minimum Gasteiger partial charge on any atom is -0.423 e. The number of carbonyl (C=O) groups excluding carboxylic acids is 1. The van der Waals surface area contributed by atoms with Crippen molar-refractivity contribution < 1.29 is 9.21 Å². The van der Waals surface area contributed by atoms with Crippen molar-refractivity contribution in [1.82, 2.24) is 10.3 Å². The van der Waals surface area contributed by atoms with Gasteiger partial charge in [0.1, 0.15) is 5.52 Å². The van der Waals surface area contributed by atoms with Gasteiger partial charge in [-0.25, -0.2) is 0 Å². The van der Waals surface area contributed by atoms with Crippen LogP contribution in [0.5, 0.6) is 0 Å². The first-order chi connectivity index (χ1) is 11.3. The highest BCUT2D eigenvalue weighted by Gasteiger charge is 2.28. The lowest BCUT2D eigenvalue weighted by Crippen LogP contribution is -2.40. The first kappa shape index (κ1) is 14.3. The van der Waals surface area contributed by atoms with Gasteiger partial charge in [0, 0.05) is 24.0 Å². The lowest BCUT2D eigenvalue weighted by Gasteiger charge is -2.22. The van der Waals surface area contributed by atoms with E-state index in [1.54, 1.807) is 0 Å². The van der Waals surface area contributed by atoms with E-state index in [-0.39, 0.29) is 11.9 Å². The SMILES string of the molecule is O=C(NCC1CCCN1c1nc2ccccc2o1)c1ccsc1. The Morgan fingerprint density at radius 1 is 1.39 bits per heavy atom. The van der Waals surface area contributed by atoms with E-state index in [1.165, 1.54) is 11.3 Å². The fourth-order valence-electron chi connectivity index (χ4n) is 2.99. The van der Waals surface area contributed by atoms with Crippen molar-refractivity contribution in [2.24, 2.45) is 0 Å². The van der Waals surface area contributed by atoms with Gasteiger partial charge in [-0.05, 0) is 36.4 Å². The standard InChI is InChI=1S/C17H17N3O2S/c21-16(12-7-9-23-11-12)18-10-13-4-3-8-20(13)17-19-14-5-1-2-6-15(14)22-17/h1-2,5-7,9,11,13H,3-4,8,10H2,(H,18,21). The average molecular weight is 327 g/mol. The largest absolute Gasteiger partial charge is 0.423 e. The molecule has 3 heterocycles. The molecule has 3 aromatic rings. The number of nitrogens with zero attached hydrogens (tertiary/aromatic N) is 2. The molecule has 1 N–H and O–H groups in total. The Morgan fingerprint density at radius 3 is 3.13 bits per heavy atom. The van der Waals surface area contributed by atoms with Crippen LogP contribution in [0.25, 0.3) is 11.1 Å². The molecule has 1 fully saturated rings. The molecule has 118 valence electrons. The minimum absolute atomic E-state index is 0.0179. The first-order valence-electron chi connectivity index (χ1n) is 7.74. The molecular weight excluding hydrogens is 310 g/mol. The highest BCUT2D eigenvalue weighted by molar-refractivity contribution is 7.08. The molecule has 23 heavy (non-hydrogen) atoms. The molecule has 4 rings (SSSR count). The van der Waals surface area contributed by atoms with E-state index in [0.29, 0.717) is 12.6 Å². The zero-order chi connectivity index (χ0) is 15.6. The predicted octanol–water partition coefficient (Wildman–Crippen LogP) is 3.29. The van der Waals surface area contributed by atoms with Crippen LogP contribution in [0.4, 0.5) is 6.01 Å². The van der Waals surface area contributed by atoms with Gasteiger partial charge in [-0.2, -0.15) is 16.3 Å². The summed E-state index contributed by atoms with van der Waals surface area (Å²) in [5.74, 6) is -0.0179. The summed E-state index contributed by atoms with van der Waals surface area (Å²) < 4.78 is 5.87. The Kier molecular flexibility index (Phi) is 3.75. The number of carbonyl (C=O) groups is 1. The molecule has 0 aliphatic carbocycles. The zero-order valence-electron chi connectivity index (χ0n) is 12.6. The number of amides is 1. The number of para-hydroxylation sites is 2. The summed E-state index contributed by atoms with van der Waals surface area (Å²) in [5.41, 5.74) is 2.40. The number of fused-ring (bicyclic) bond motifs is 1. The Hall–Kier alpha value is -2.34. The fraction of sp³-hybridized carbons (Fsp3) is 0.294. The van der Waals surface area contributed by atoms with Crippen molar-refractivity contribution in [1.29, 1.82) is 0 Å². The van der Waals surface area contributed by atoms with Crippen LogP contribution in [0, 0.1) is 0 Å². The van der Waals surface area contributed by atoms with Crippen LogP contribution in [-0.2, 0) is 0 Å². The molecule has 0 spiro atoms. The zero-order valence-corrected chi connectivity index (χ0v) is 13.4. The highest BCUT2D eigenvalue weighted by Crippen LogP contribution is 2.28. The van der Waals surface area contributed by atoms with Crippen LogP contribution in [0.2, 0.25) is 0 Å². The number of oxazole rings is 1. The summed E-state index contributed by atoms with van der Waals surface area (Å²) in [5, 5.41) is 6.79. The molecule has 0 radical (unpaired) electrons.